The summed E-state index contributed by atoms with van der Waals surface area (Å²) in [4.78, 5) is 18.7. The van der Waals surface area contributed by atoms with Gasteiger partial charge in [0.2, 0.25) is 11.1 Å². The summed E-state index contributed by atoms with van der Waals surface area (Å²) in [5, 5.41) is 12.0. The molecule has 1 atom stereocenters. The molecule has 0 saturated heterocycles. The van der Waals surface area contributed by atoms with Crippen molar-refractivity contribution in [2.45, 2.75) is 58.2 Å². The van der Waals surface area contributed by atoms with E-state index in [9.17, 15) is 4.79 Å². The Balaban J connectivity index is 1.48. The Morgan fingerprint density at radius 1 is 1.00 bits per heavy atom. The van der Waals surface area contributed by atoms with Crippen molar-refractivity contribution in [3.8, 4) is 11.5 Å². The fourth-order valence-corrected chi connectivity index (χ4v) is 5.94. The van der Waals surface area contributed by atoms with E-state index in [1.807, 2.05) is 86.1 Å². The fraction of sp³-hybridized carbons (Fsp3) is 0.324. The molecule has 2 N–H and O–H groups in total. The number of allylic oxidation sites excluding steroid dienone is 1. The Kier molecular flexibility index (Phi) is 10.0. The van der Waals surface area contributed by atoms with Crippen LogP contribution in [0.25, 0.3) is 0 Å². The molecule has 8 nitrogen and oxygen atoms in total. The molecule has 0 spiro atoms. The normalized spacial score (nSPS) is 14.2. The predicted molar refractivity (Wildman–Crippen MR) is 173 cm³/mol. The third-order valence-corrected chi connectivity index (χ3v) is 8.08. The number of amides is 1. The van der Waals surface area contributed by atoms with Crippen LogP contribution in [0.4, 0.5) is 11.6 Å². The topological polar surface area (TPSA) is 90.3 Å². The Labute approximate surface area is 257 Å². The second-order valence-corrected chi connectivity index (χ2v) is 11.5. The van der Waals surface area contributed by atoms with Gasteiger partial charge in [0.15, 0.2) is 11.5 Å². The maximum absolute atomic E-state index is 13.9. The molecule has 0 saturated carbocycles. The molecular weight excluding hydrogens is 558 g/mol. The van der Waals surface area contributed by atoms with E-state index in [1.165, 1.54) is 5.56 Å². The molecule has 2 heterocycles. The summed E-state index contributed by atoms with van der Waals surface area (Å²) >= 11 is 1.62. The van der Waals surface area contributed by atoms with Crippen molar-refractivity contribution in [3.63, 3.8) is 0 Å². The van der Waals surface area contributed by atoms with Gasteiger partial charge < -0.3 is 20.1 Å². The maximum Gasteiger partial charge on any atom is 0.255 e. The number of nitrogens with zero attached hydrogens (tertiary/aromatic N) is 3. The van der Waals surface area contributed by atoms with Gasteiger partial charge in [-0.2, -0.15) is 4.98 Å². The Morgan fingerprint density at radius 2 is 1.84 bits per heavy atom. The molecule has 1 aromatic heterocycles. The molecule has 0 fully saturated rings. The van der Waals surface area contributed by atoms with Crippen LogP contribution in [0, 0.1) is 6.92 Å². The third-order valence-electron chi connectivity index (χ3n) is 7.16. The molecule has 0 aliphatic carbocycles. The molecule has 1 aliphatic heterocycles. The molecule has 224 valence electrons. The summed E-state index contributed by atoms with van der Waals surface area (Å²) in [5.74, 6) is 2.62. The molecule has 4 aromatic rings. The zero-order valence-electron chi connectivity index (χ0n) is 25.2. The molecular formula is C34H39N5O3S. The number of benzene rings is 3. The van der Waals surface area contributed by atoms with E-state index >= 15 is 0 Å². The second-order valence-electron chi connectivity index (χ2n) is 10.5. The predicted octanol–water partition coefficient (Wildman–Crippen LogP) is 7.43. The van der Waals surface area contributed by atoms with Gasteiger partial charge in [0.05, 0.1) is 18.8 Å². The van der Waals surface area contributed by atoms with Gasteiger partial charge in [0, 0.05) is 23.6 Å². The number of hydrogen-bond donors (Lipinski definition) is 2. The number of aromatic nitrogens is 3. The molecule has 1 aliphatic rings. The lowest BCUT2D eigenvalue weighted by Crippen LogP contribution is -2.31. The Morgan fingerprint density at radius 3 is 2.60 bits per heavy atom. The standard InChI is InChI=1S/C34H39N5O3S/c1-5-7-20-43-34-37-33-35-24(4)30(32(40)36-27-15-11-12-23(3)21-27)31(39(33)38-34)26-16-17-28(29(22-26)41-6-2)42-19-18-25-13-9-8-10-14-25/h8-17,21-22,31H,5-7,18-20H2,1-4H3,(H,36,40)(H,35,37,38). The highest BCUT2D eigenvalue weighted by Gasteiger charge is 2.35. The zero-order valence-corrected chi connectivity index (χ0v) is 26.0. The molecule has 3 aromatic carbocycles. The lowest BCUT2D eigenvalue weighted by Gasteiger charge is -2.29. The van der Waals surface area contributed by atoms with Crippen molar-refractivity contribution >= 4 is 29.3 Å². The smallest absolute Gasteiger partial charge is 0.255 e. The first-order valence-electron chi connectivity index (χ1n) is 14.9. The lowest BCUT2D eigenvalue weighted by molar-refractivity contribution is -0.113. The van der Waals surface area contributed by atoms with Crippen LogP contribution in [-0.2, 0) is 11.2 Å². The van der Waals surface area contributed by atoms with Gasteiger partial charge in [-0.25, -0.2) is 4.68 Å². The van der Waals surface area contributed by atoms with Crippen molar-refractivity contribution in [3.05, 3.63) is 101 Å². The van der Waals surface area contributed by atoms with E-state index < -0.39 is 6.04 Å². The molecule has 1 amide bonds. The Bertz CT molecular complexity index is 1580. The van der Waals surface area contributed by atoms with Crippen LogP contribution in [0.2, 0.25) is 0 Å². The minimum Gasteiger partial charge on any atom is -0.490 e. The van der Waals surface area contributed by atoms with Gasteiger partial charge >= 0.3 is 0 Å². The molecule has 5 rings (SSSR count). The minimum absolute atomic E-state index is 0.205. The first-order chi connectivity index (χ1) is 21.0. The van der Waals surface area contributed by atoms with Gasteiger partial charge in [-0.3, -0.25) is 4.79 Å². The number of aryl methyl sites for hydroxylation is 1. The molecule has 1 unspecified atom stereocenters. The molecule has 9 heteroatoms. The first kappa shape index (κ1) is 30.2. The summed E-state index contributed by atoms with van der Waals surface area (Å²) in [6.45, 7) is 9.03. The maximum atomic E-state index is 13.9. The number of carbonyl (C=O) groups is 1. The summed E-state index contributed by atoms with van der Waals surface area (Å²) in [6, 6.07) is 23.4. The van der Waals surface area contributed by atoms with Crippen molar-refractivity contribution < 1.29 is 14.3 Å². The van der Waals surface area contributed by atoms with Gasteiger partial charge in [-0.05, 0) is 68.1 Å². The average Bonchev–Trinajstić information content (AvgIpc) is 3.40. The second kappa shape index (κ2) is 14.3. The summed E-state index contributed by atoms with van der Waals surface area (Å²) in [7, 11) is 0. The monoisotopic (exact) mass is 597 g/mol. The molecule has 0 bridgehead atoms. The van der Waals surface area contributed by atoms with Gasteiger partial charge in [-0.1, -0.05) is 73.6 Å². The number of thioether (sulfide) groups is 1. The van der Waals surface area contributed by atoms with Crippen molar-refractivity contribution in [1.82, 2.24) is 14.8 Å². The summed E-state index contributed by atoms with van der Waals surface area (Å²) in [5.41, 5.74) is 5.15. The highest BCUT2D eigenvalue weighted by molar-refractivity contribution is 7.99. The Hall–Kier alpha value is -4.24. The van der Waals surface area contributed by atoms with Crippen LogP contribution >= 0.6 is 11.8 Å². The summed E-state index contributed by atoms with van der Waals surface area (Å²) in [6.07, 6.45) is 2.97. The highest BCUT2D eigenvalue weighted by atomic mass is 32.2. The SMILES string of the molecule is CCCCSc1nc2n(n1)C(c1ccc(OCCc3ccccc3)c(OCC)c1)C(C(=O)Nc1cccc(C)c1)=C(C)N2. The third kappa shape index (κ3) is 7.40. The van der Waals surface area contributed by atoms with Gasteiger partial charge in [0.1, 0.15) is 6.04 Å². The van der Waals surface area contributed by atoms with Crippen LogP contribution in [-0.4, -0.2) is 39.6 Å². The van der Waals surface area contributed by atoms with Gasteiger partial charge in [0.25, 0.3) is 5.91 Å². The largest absolute Gasteiger partial charge is 0.490 e. The molecule has 0 radical (unpaired) electrons. The quantitative estimate of drug-likeness (QED) is 0.122. The van der Waals surface area contributed by atoms with Crippen molar-refractivity contribution in [1.29, 1.82) is 0 Å². The van der Waals surface area contributed by atoms with Crippen molar-refractivity contribution in [2.75, 3.05) is 29.6 Å². The average molecular weight is 598 g/mol. The van der Waals surface area contributed by atoms with E-state index in [-0.39, 0.29) is 5.91 Å². The highest BCUT2D eigenvalue weighted by Crippen LogP contribution is 2.40. The van der Waals surface area contributed by atoms with E-state index in [4.69, 9.17) is 19.6 Å². The number of nitrogens with one attached hydrogen (secondary N) is 2. The van der Waals surface area contributed by atoms with E-state index in [1.54, 1.807) is 11.8 Å². The van der Waals surface area contributed by atoms with E-state index in [0.717, 1.165) is 47.5 Å². The van der Waals surface area contributed by atoms with Crippen LogP contribution in [0.3, 0.4) is 0 Å². The number of carbonyl (C=O) groups excluding carboxylic acids is 1. The zero-order chi connectivity index (χ0) is 30.2. The lowest BCUT2D eigenvalue weighted by atomic mass is 9.94. The number of hydrogen-bond acceptors (Lipinski definition) is 7. The number of ether oxygens (including phenoxy) is 2. The fourth-order valence-electron chi connectivity index (χ4n) is 5.03. The van der Waals surface area contributed by atoms with Gasteiger partial charge in [-0.15, -0.1) is 5.10 Å². The number of fused-ring (bicyclic) bond motifs is 1. The number of rotatable bonds is 13. The van der Waals surface area contributed by atoms with E-state index in [0.29, 0.717) is 41.4 Å². The van der Waals surface area contributed by atoms with Crippen LogP contribution < -0.4 is 20.1 Å². The molecule has 43 heavy (non-hydrogen) atoms. The van der Waals surface area contributed by atoms with Crippen molar-refractivity contribution in [2.24, 2.45) is 0 Å². The number of unbranched alkanes of at least 4 members (excludes halogenated alkanes) is 1. The number of anilines is 2. The summed E-state index contributed by atoms with van der Waals surface area (Å²) < 4.78 is 14.1. The van der Waals surface area contributed by atoms with E-state index in [2.05, 4.69) is 29.7 Å². The van der Waals surface area contributed by atoms with Crippen LogP contribution in [0.5, 0.6) is 11.5 Å². The van der Waals surface area contributed by atoms with Crippen LogP contribution in [0.15, 0.2) is 89.2 Å². The van der Waals surface area contributed by atoms with Crippen LogP contribution in [0.1, 0.15) is 56.3 Å². The first-order valence-corrected chi connectivity index (χ1v) is 15.8. The minimum atomic E-state index is -0.522.